The zero-order chi connectivity index (χ0) is 17.1. The van der Waals surface area contributed by atoms with E-state index in [-0.39, 0.29) is 10.6 Å². The largest absolute Gasteiger partial charge is 0.278 e. The van der Waals surface area contributed by atoms with Gasteiger partial charge in [0.2, 0.25) is 0 Å². The van der Waals surface area contributed by atoms with Crippen molar-refractivity contribution >= 4 is 28.7 Å². The first-order valence-corrected chi connectivity index (χ1v) is 7.87. The van der Waals surface area contributed by atoms with E-state index < -0.39 is 0 Å². The van der Waals surface area contributed by atoms with Gasteiger partial charge in [-0.3, -0.25) is 10.1 Å². The highest BCUT2D eigenvalue weighted by Gasteiger charge is 2.11. The number of non-ortho nitro benzene ring substituents is 1. The number of nitro groups is 1. The molecule has 0 atom stereocenters. The summed E-state index contributed by atoms with van der Waals surface area (Å²) in [4.78, 5) is 15.2. The Morgan fingerprint density at radius 2 is 1.75 bits per heavy atom. The van der Waals surface area contributed by atoms with Gasteiger partial charge in [0.15, 0.2) is 0 Å². The number of nitrogens with zero attached hydrogens (tertiary/aromatic N) is 2. The Bertz CT molecular complexity index is 913. The van der Waals surface area contributed by atoms with Crippen LogP contribution in [0, 0.1) is 10.1 Å². The molecular formula is C20H18N2O2. The van der Waals surface area contributed by atoms with Crippen molar-refractivity contribution < 1.29 is 4.92 Å². The SMILES string of the molecule is CC(C)c1ccc(C=Cc2ccc3c([N+](=O)[O-])cccc3n2)cc1. The Morgan fingerprint density at radius 3 is 2.42 bits per heavy atom. The molecule has 2 aromatic carbocycles. The standard InChI is InChI=1S/C20H18N2O2/c1-14(2)16-9-6-15(7-10-16)8-11-17-12-13-18-19(21-17)4-3-5-20(18)22(23)24/h3-14H,1-2H3. The summed E-state index contributed by atoms with van der Waals surface area (Å²) in [5.74, 6) is 0.515. The minimum Gasteiger partial charge on any atom is -0.258 e. The molecule has 4 heteroatoms. The van der Waals surface area contributed by atoms with E-state index in [1.165, 1.54) is 11.6 Å². The second kappa shape index (κ2) is 6.62. The van der Waals surface area contributed by atoms with Crippen LogP contribution in [0.25, 0.3) is 23.1 Å². The Balaban J connectivity index is 1.88. The first-order valence-electron chi connectivity index (χ1n) is 7.87. The van der Waals surface area contributed by atoms with Gasteiger partial charge in [0.25, 0.3) is 5.69 Å². The summed E-state index contributed by atoms with van der Waals surface area (Å²) in [6, 6.07) is 16.9. The van der Waals surface area contributed by atoms with Crippen molar-refractivity contribution in [3.63, 3.8) is 0 Å². The quantitative estimate of drug-likeness (QED) is 0.475. The lowest BCUT2D eigenvalue weighted by molar-refractivity contribution is -0.383. The molecule has 3 rings (SSSR count). The van der Waals surface area contributed by atoms with Gasteiger partial charge >= 0.3 is 0 Å². The highest BCUT2D eigenvalue weighted by atomic mass is 16.6. The summed E-state index contributed by atoms with van der Waals surface area (Å²) in [5, 5.41) is 11.6. The van der Waals surface area contributed by atoms with Crippen LogP contribution in [0.5, 0.6) is 0 Å². The van der Waals surface area contributed by atoms with Crippen LogP contribution in [-0.2, 0) is 0 Å². The van der Waals surface area contributed by atoms with Gasteiger partial charge in [-0.2, -0.15) is 0 Å². The Labute approximate surface area is 140 Å². The Kier molecular flexibility index (Phi) is 4.38. The van der Waals surface area contributed by atoms with Gasteiger partial charge in [-0.15, -0.1) is 0 Å². The first kappa shape index (κ1) is 15.9. The van der Waals surface area contributed by atoms with Crippen LogP contribution in [0.4, 0.5) is 5.69 Å². The summed E-state index contributed by atoms with van der Waals surface area (Å²) in [6.45, 7) is 4.34. The number of aromatic nitrogens is 1. The number of benzene rings is 2. The van der Waals surface area contributed by atoms with Crippen LogP contribution in [0.1, 0.15) is 36.6 Å². The maximum atomic E-state index is 11.0. The molecule has 0 radical (unpaired) electrons. The van der Waals surface area contributed by atoms with E-state index in [4.69, 9.17) is 0 Å². The van der Waals surface area contributed by atoms with Crippen LogP contribution in [-0.4, -0.2) is 9.91 Å². The van der Waals surface area contributed by atoms with Gasteiger partial charge in [0.05, 0.1) is 21.5 Å². The maximum Gasteiger partial charge on any atom is 0.278 e. The fourth-order valence-electron chi connectivity index (χ4n) is 2.58. The molecule has 4 nitrogen and oxygen atoms in total. The van der Waals surface area contributed by atoms with Crippen LogP contribution in [0.15, 0.2) is 54.6 Å². The third-order valence-corrected chi connectivity index (χ3v) is 3.98. The molecule has 0 fully saturated rings. The second-order valence-corrected chi connectivity index (χ2v) is 5.99. The van der Waals surface area contributed by atoms with Gasteiger partial charge in [-0.25, -0.2) is 4.98 Å². The summed E-state index contributed by atoms with van der Waals surface area (Å²) in [6.07, 6.45) is 3.91. The highest BCUT2D eigenvalue weighted by Crippen LogP contribution is 2.24. The van der Waals surface area contributed by atoms with E-state index in [1.807, 2.05) is 12.2 Å². The van der Waals surface area contributed by atoms with Gasteiger partial charge in [-0.05, 0) is 41.3 Å². The lowest BCUT2D eigenvalue weighted by Crippen LogP contribution is -1.91. The van der Waals surface area contributed by atoms with Crippen molar-refractivity contribution in [2.24, 2.45) is 0 Å². The molecule has 1 heterocycles. The summed E-state index contributed by atoms with van der Waals surface area (Å²) >= 11 is 0. The minimum absolute atomic E-state index is 0.0832. The molecule has 0 N–H and O–H groups in total. The van der Waals surface area contributed by atoms with Crippen molar-refractivity contribution in [1.82, 2.24) is 4.98 Å². The van der Waals surface area contributed by atoms with Crippen LogP contribution in [0.3, 0.4) is 0 Å². The summed E-state index contributed by atoms with van der Waals surface area (Å²) in [5.41, 5.74) is 3.89. The lowest BCUT2D eigenvalue weighted by atomic mass is 10.0. The van der Waals surface area contributed by atoms with E-state index in [1.54, 1.807) is 24.3 Å². The Morgan fingerprint density at radius 1 is 1.00 bits per heavy atom. The molecule has 1 aromatic heterocycles. The van der Waals surface area contributed by atoms with Crippen molar-refractivity contribution in [3.8, 4) is 0 Å². The van der Waals surface area contributed by atoms with E-state index in [9.17, 15) is 10.1 Å². The fraction of sp³-hybridized carbons (Fsp3) is 0.150. The normalized spacial score (nSPS) is 11.5. The average molecular weight is 318 g/mol. The topological polar surface area (TPSA) is 56.0 Å². The van der Waals surface area contributed by atoms with Gasteiger partial charge in [-0.1, -0.05) is 50.3 Å². The van der Waals surface area contributed by atoms with Crippen LogP contribution in [0.2, 0.25) is 0 Å². The van der Waals surface area contributed by atoms with Crippen LogP contribution >= 0.6 is 0 Å². The fourth-order valence-corrected chi connectivity index (χ4v) is 2.58. The van der Waals surface area contributed by atoms with Crippen molar-refractivity contribution in [3.05, 3.63) is 81.5 Å². The zero-order valence-corrected chi connectivity index (χ0v) is 13.6. The first-order chi connectivity index (χ1) is 11.5. The predicted molar refractivity (Wildman–Crippen MR) is 97.9 cm³/mol. The average Bonchev–Trinajstić information content (AvgIpc) is 2.59. The number of nitro benzene ring substituents is 1. The van der Waals surface area contributed by atoms with Crippen molar-refractivity contribution in [2.45, 2.75) is 19.8 Å². The van der Waals surface area contributed by atoms with Crippen molar-refractivity contribution in [2.75, 3.05) is 0 Å². The molecule has 0 aliphatic carbocycles. The molecule has 0 spiro atoms. The molecular weight excluding hydrogens is 300 g/mol. The molecule has 3 aromatic rings. The monoisotopic (exact) mass is 318 g/mol. The molecule has 0 bridgehead atoms. The third kappa shape index (κ3) is 3.33. The number of pyridine rings is 1. The van der Waals surface area contributed by atoms with E-state index in [0.717, 1.165) is 11.3 Å². The zero-order valence-electron chi connectivity index (χ0n) is 13.6. The predicted octanol–water partition coefficient (Wildman–Crippen LogP) is 5.44. The van der Waals surface area contributed by atoms with Gasteiger partial charge in [0.1, 0.15) is 0 Å². The number of rotatable bonds is 4. The minimum atomic E-state index is -0.379. The molecule has 0 amide bonds. The van der Waals surface area contributed by atoms with E-state index in [2.05, 4.69) is 43.1 Å². The lowest BCUT2D eigenvalue weighted by Gasteiger charge is -2.04. The maximum absolute atomic E-state index is 11.0. The number of fused-ring (bicyclic) bond motifs is 1. The highest BCUT2D eigenvalue weighted by molar-refractivity contribution is 5.88. The molecule has 0 saturated heterocycles. The number of hydrogen-bond acceptors (Lipinski definition) is 3. The summed E-state index contributed by atoms with van der Waals surface area (Å²) < 4.78 is 0. The van der Waals surface area contributed by atoms with Gasteiger partial charge in [0, 0.05) is 6.07 Å². The molecule has 24 heavy (non-hydrogen) atoms. The Hall–Kier alpha value is -3.01. The van der Waals surface area contributed by atoms with Gasteiger partial charge < -0.3 is 0 Å². The molecule has 0 aliphatic heterocycles. The second-order valence-electron chi connectivity index (χ2n) is 5.99. The molecule has 120 valence electrons. The number of hydrogen-bond donors (Lipinski definition) is 0. The van der Waals surface area contributed by atoms with E-state index >= 15 is 0 Å². The third-order valence-electron chi connectivity index (χ3n) is 3.98. The molecule has 0 saturated carbocycles. The van der Waals surface area contributed by atoms with Crippen LogP contribution < -0.4 is 0 Å². The smallest absolute Gasteiger partial charge is 0.258 e. The molecule has 0 aliphatic rings. The van der Waals surface area contributed by atoms with E-state index in [0.29, 0.717) is 16.8 Å². The van der Waals surface area contributed by atoms with Crippen molar-refractivity contribution in [1.29, 1.82) is 0 Å². The molecule has 0 unspecified atom stereocenters. The summed E-state index contributed by atoms with van der Waals surface area (Å²) in [7, 11) is 0.